The largest absolute Gasteiger partial charge is 0.381 e. The first kappa shape index (κ1) is 23.9. The van der Waals surface area contributed by atoms with Gasteiger partial charge in [0.05, 0.1) is 36.5 Å². The molecule has 0 aliphatic carbocycles. The molecule has 0 spiro atoms. The van der Waals surface area contributed by atoms with Crippen molar-refractivity contribution in [1.29, 1.82) is 0 Å². The van der Waals surface area contributed by atoms with E-state index in [1.165, 1.54) is 6.20 Å². The fraction of sp³-hybridized carbons (Fsp3) is 0.435. The number of halogens is 2. The summed E-state index contributed by atoms with van der Waals surface area (Å²) in [5.74, 6) is -1.94. The molecular formula is C23H27F2N9O2. The topological polar surface area (TPSA) is 125 Å². The summed E-state index contributed by atoms with van der Waals surface area (Å²) < 4.78 is 29.5. The van der Waals surface area contributed by atoms with Crippen LogP contribution in [0.1, 0.15) is 30.1 Å². The number of nitrogen functional groups attached to an aromatic ring is 1. The second-order valence-electron chi connectivity index (χ2n) is 8.87. The van der Waals surface area contributed by atoms with Gasteiger partial charge in [0.25, 0.3) is 5.91 Å². The zero-order valence-electron chi connectivity index (χ0n) is 19.8. The number of carbonyl (C=O) groups excluding carboxylic acids is 2. The average molecular weight is 500 g/mol. The molecule has 2 amide bonds. The quantitative estimate of drug-likeness (QED) is 0.539. The van der Waals surface area contributed by atoms with Gasteiger partial charge in [0.2, 0.25) is 5.91 Å². The molecule has 13 heteroatoms. The SMILES string of the molecule is CCN1CCCC1C(=O)N1CCN(c2c(F)cncc2NC(=O)c2c(N)nn3cc(F)cnc23)CC1. The van der Waals surface area contributed by atoms with Gasteiger partial charge in [-0.15, -0.1) is 5.10 Å². The lowest BCUT2D eigenvalue weighted by atomic mass is 10.1. The monoisotopic (exact) mass is 499 g/mol. The van der Waals surface area contributed by atoms with Crippen molar-refractivity contribution in [2.24, 2.45) is 0 Å². The van der Waals surface area contributed by atoms with E-state index in [1.54, 1.807) is 4.90 Å². The molecular weight excluding hydrogens is 472 g/mol. The zero-order chi connectivity index (χ0) is 25.4. The molecule has 5 rings (SSSR count). The first-order chi connectivity index (χ1) is 17.4. The van der Waals surface area contributed by atoms with Crippen LogP contribution in [0.4, 0.5) is 26.0 Å². The van der Waals surface area contributed by atoms with E-state index in [2.05, 4.69) is 32.2 Å². The second-order valence-corrected chi connectivity index (χ2v) is 8.87. The molecule has 0 bridgehead atoms. The number of rotatable bonds is 5. The van der Waals surface area contributed by atoms with Crippen LogP contribution in [0.15, 0.2) is 24.8 Å². The number of anilines is 3. The number of hydrogen-bond acceptors (Lipinski definition) is 8. The number of nitrogens with one attached hydrogen (secondary N) is 1. The maximum absolute atomic E-state index is 15.0. The molecule has 11 nitrogen and oxygen atoms in total. The van der Waals surface area contributed by atoms with Crippen LogP contribution in [-0.2, 0) is 4.79 Å². The standard InChI is InChI=1S/C23H27F2N9O2/c1-2-31-5-3-4-17(31)23(36)33-8-6-32(7-9-33)19-15(25)11-27-12-16(19)29-22(35)18-20(26)30-34-13-14(24)10-28-21(18)34/h10-13,17H,2-9H2,1H3,(H2,26,30)(H,29,35). The number of aromatic nitrogens is 4. The molecule has 3 aromatic heterocycles. The first-order valence-electron chi connectivity index (χ1n) is 11.9. The number of likely N-dealkylation sites (tertiary alicyclic amines) is 1. The molecule has 0 aromatic carbocycles. The number of piperazine rings is 1. The zero-order valence-corrected chi connectivity index (χ0v) is 19.8. The molecule has 2 saturated heterocycles. The third kappa shape index (κ3) is 4.30. The maximum atomic E-state index is 15.0. The van der Waals surface area contributed by atoms with E-state index < -0.39 is 17.5 Å². The molecule has 0 saturated carbocycles. The number of nitrogens with two attached hydrogens (primary N) is 1. The number of hydrogen-bond donors (Lipinski definition) is 2. The Bertz CT molecular complexity index is 1310. The van der Waals surface area contributed by atoms with E-state index in [0.29, 0.717) is 26.2 Å². The summed E-state index contributed by atoms with van der Waals surface area (Å²) in [4.78, 5) is 39.7. The van der Waals surface area contributed by atoms with Crippen molar-refractivity contribution in [3.63, 3.8) is 0 Å². The first-order valence-corrected chi connectivity index (χ1v) is 11.9. The molecule has 1 unspecified atom stereocenters. The Morgan fingerprint density at radius 3 is 2.67 bits per heavy atom. The number of nitrogens with zero attached hydrogens (tertiary/aromatic N) is 7. The maximum Gasteiger partial charge on any atom is 0.263 e. The van der Waals surface area contributed by atoms with Crippen LogP contribution >= 0.6 is 0 Å². The summed E-state index contributed by atoms with van der Waals surface area (Å²) in [6.07, 6.45) is 6.30. The van der Waals surface area contributed by atoms with E-state index in [1.807, 2.05) is 4.90 Å². The third-order valence-electron chi connectivity index (χ3n) is 6.78. The molecule has 2 fully saturated rings. The van der Waals surface area contributed by atoms with Crippen LogP contribution in [0.3, 0.4) is 0 Å². The minimum Gasteiger partial charge on any atom is -0.381 e. The van der Waals surface area contributed by atoms with Crippen molar-refractivity contribution in [3.8, 4) is 0 Å². The van der Waals surface area contributed by atoms with Crippen LogP contribution in [0.2, 0.25) is 0 Å². The molecule has 36 heavy (non-hydrogen) atoms. The highest BCUT2D eigenvalue weighted by atomic mass is 19.1. The number of fused-ring (bicyclic) bond motifs is 1. The molecule has 3 aromatic rings. The fourth-order valence-electron chi connectivity index (χ4n) is 5.02. The minimum absolute atomic E-state index is 0.0577. The Kier molecular flexibility index (Phi) is 6.39. The third-order valence-corrected chi connectivity index (χ3v) is 6.78. The lowest BCUT2D eigenvalue weighted by molar-refractivity contribution is -0.136. The van der Waals surface area contributed by atoms with Crippen molar-refractivity contribution in [2.75, 3.05) is 55.2 Å². The molecule has 1 atom stereocenters. The van der Waals surface area contributed by atoms with Gasteiger partial charge < -0.3 is 20.9 Å². The molecule has 0 radical (unpaired) electrons. The summed E-state index contributed by atoms with van der Waals surface area (Å²) >= 11 is 0. The highest BCUT2D eigenvalue weighted by molar-refractivity contribution is 6.12. The van der Waals surface area contributed by atoms with Gasteiger partial charge in [0, 0.05) is 26.2 Å². The van der Waals surface area contributed by atoms with Crippen LogP contribution in [-0.4, -0.2) is 86.5 Å². The number of carbonyl (C=O) groups is 2. The highest BCUT2D eigenvalue weighted by Gasteiger charge is 2.34. The van der Waals surface area contributed by atoms with Gasteiger partial charge >= 0.3 is 0 Å². The van der Waals surface area contributed by atoms with Crippen molar-refractivity contribution >= 4 is 34.7 Å². The Hall–Kier alpha value is -3.87. The number of amides is 2. The summed E-state index contributed by atoms with van der Waals surface area (Å²) in [6.45, 7) is 5.50. The van der Waals surface area contributed by atoms with Gasteiger partial charge in [-0.2, -0.15) is 0 Å². The Labute approximate surface area is 205 Å². The van der Waals surface area contributed by atoms with Gasteiger partial charge in [-0.3, -0.25) is 19.5 Å². The van der Waals surface area contributed by atoms with Gasteiger partial charge in [0.1, 0.15) is 11.3 Å². The lowest BCUT2D eigenvalue weighted by Gasteiger charge is -2.38. The van der Waals surface area contributed by atoms with E-state index >= 15 is 0 Å². The van der Waals surface area contributed by atoms with E-state index in [0.717, 1.165) is 49.0 Å². The smallest absolute Gasteiger partial charge is 0.263 e. The summed E-state index contributed by atoms with van der Waals surface area (Å²) in [5.41, 5.74) is 6.22. The normalized spacial score (nSPS) is 18.7. The number of likely N-dealkylation sites (N-methyl/N-ethyl adjacent to an activating group) is 1. The van der Waals surface area contributed by atoms with Crippen LogP contribution in [0.5, 0.6) is 0 Å². The van der Waals surface area contributed by atoms with E-state index in [4.69, 9.17) is 5.73 Å². The molecule has 190 valence electrons. The fourth-order valence-corrected chi connectivity index (χ4v) is 5.02. The van der Waals surface area contributed by atoms with Crippen LogP contribution in [0, 0.1) is 11.6 Å². The van der Waals surface area contributed by atoms with Gasteiger partial charge in [-0.25, -0.2) is 18.3 Å². The summed E-state index contributed by atoms with van der Waals surface area (Å²) in [7, 11) is 0. The Morgan fingerprint density at radius 2 is 1.92 bits per heavy atom. The second kappa shape index (κ2) is 9.64. The molecule has 2 aliphatic heterocycles. The van der Waals surface area contributed by atoms with Crippen molar-refractivity contribution in [2.45, 2.75) is 25.8 Å². The number of pyridine rings is 1. The molecule has 2 aliphatic rings. The van der Waals surface area contributed by atoms with Crippen molar-refractivity contribution in [1.82, 2.24) is 29.4 Å². The van der Waals surface area contributed by atoms with Crippen molar-refractivity contribution in [3.05, 3.63) is 42.0 Å². The molecule has 5 heterocycles. The predicted molar refractivity (Wildman–Crippen MR) is 129 cm³/mol. The lowest BCUT2D eigenvalue weighted by Crippen LogP contribution is -2.54. The Balaban J connectivity index is 1.33. The van der Waals surface area contributed by atoms with Gasteiger partial charge in [-0.1, -0.05) is 6.92 Å². The van der Waals surface area contributed by atoms with Crippen molar-refractivity contribution < 1.29 is 18.4 Å². The van der Waals surface area contributed by atoms with E-state index in [9.17, 15) is 18.4 Å². The van der Waals surface area contributed by atoms with Crippen LogP contribution in [0.25, 0.3) is 5.65 Å². The average Bonchev–Trinajstić information content (AvgIpc) is 3.47. The van der Waals surface area contributed by atoms with E-state index in [-0.39, 0.29) is 40.4 Å². The molecule has 3 N–H and O–H groups in total. The summed E-state index contributed by atoms with van der Waals surface area (Å²) in [5, 5.41) is 6.58. The predicted octanol–water partition coefficient (Wildman–Crippen LogP) is 1.37. The highest BCUT2D eigenvalue weighted by Crippen LogP contribution is 2.31. The van der Waals surface area contributed by atoms with Gasteiger partial charge in [0.15, 0.2) is 23.1 Å². The summed E-state index contributed by atoms with van der Waals surface area (Å²) in [6, 6.07) is -0.0903. The Morgan fingerprint density at radius 1 is 1.14 bits per heavy atom. The van der Waals surface area contributed by atoms with Gasteiger partial charge in [-0.05, 0) is 25.9 Å². The van der Waals surface area contributed by atoms with Crippen LogP contribution < -0.4 is 16.0 Å². The minimum atomic E-state index is -0.676.